The van der Waals surface area contributed by atoms with Gasteiger partial charge in [0.25, 0.3) is 13.0 Å². The van der Waals surface area contributed by atoms with Gasteiger partial charge in [-0.3, -0.25) is 0 Å². The van der Waals surface area contributed by atoms with Gasteiger partial charge in [0.15, 0.2) is 0 Å². The van der Waals surface area contributed by atoms with Crippen molar-refractivity contribution in [2.45, 2.75) is 112 Å². The van der Waals surface area contributed by atoms with E-state index in [2.05, 4.69) is 0 Å². The standard InChI is InChI=1S/C20H30O11/c21-8-12-7(13-9(22)14(8)28-19(26-12)27-13)5-3-1-2-4-6-25-18-16-10(23)15-11(24)17(18)31-20(29-15)30-16/h7-24H,1-6H2/t7-,8?,9?,10?,11?,12-,13?,14+,15-,16?,17+,18+,19?,20?/m0/s1. The minimum absolute atomic E-state index is 0.0507. The van der Waals surface area contributed by atoms with Gasteiger partial charge in [-0.25, -0.2) is 0 Å². The quantitative estimate of drug-likeness (QED) is 0.318. The molecule has 2 aliphatic carbocycles. The molecule has 6 saturated heterocycles. The van der Waals surface area contributed by atoms with E-state index in [1.165, 1.54) is 0 Å². The topological polar surface area (TPSA) is 146 Å². The molecular weight excluding hydrogens is 416 g/mol. The van der Waals surface area contributed by atoms with E-state index in [1.54, 1.807) is 0 Å². The molecule has 0 spiro atoms. The van der Waals surface area contributed by atoms with Crippen LogP contribution in [-0.2, 0) is 33.2 Å². The van der Waals surface area contributed by atoms with E-state index in [4.69, 9.17) is 33.2 Å². The fraction of sp³-hybridized carbons (Fsp3) is 1.00. The lowest BCUT2D eigenvalue weighted by Gasteiger charge is -2.57. The lowest BCUT2D eigenvalue weighted by Crippen LogP contribution is -2.75. The van der Waals surface area contributed by atoms with Gasteiger partial charge >= 0.3 is 0 Å². The van der Waals surface area contributed by atoms with Gasteiger partial charge in [0, 0.05) is 12.5 Å². The van der Waals surface area contributed by atoms with Gasteiger partial charge in [0.2, 0.25) is 0 Å². The first-order valence-corrected chi connectivity index (χ1v) is 11.3. The Labute approximate surface area is 179 Å². The second-order valence-electron chi connectivity index (χ2n) is 9.35. The molecule has 4 N–H and O–H groups in total. The maximum Gasteiger partial charge on any atom is 0.272 e. The highest BCUT2D eigenvalue weighted by molar-refractivity contribution is 5.06. The van der Waals surface area contributed by atoms with E-state index in [0.717, 1.165) is 32.1 Å². The van der Waals surface area contributed by atoms with Crippen molar-refractivity contribution in [3.63, 3.8) is 0 Å². The van der Waals surface area contributed by atoms with Crippen LogP contribution in [0.5, 0.6) is 0 Å². The van der Waals surface area contributed by atoms with E-state index in [9.17, 15) is 20.4 Å². The van der Waals surface area contributed by atoms with E-state index in [-0.39, 0.29) is 18.1 Å². The molecule has 6 heterocycles. The van der Waals surface area contributed by atoms with Crippen molar-refractivity contribution in [2.24, 2.45) is 5.92 Å². The summed E-state index contributed by atoms with van der Waals surface area (Å²) in [5.74, 6) is -0.0507. The van der Waals surface area contributed by atoms with Crippen molar-refractivity contribution in [1.82, 2.24) is 0 Å². The number of rotatable bonds is 8. The Balaban J connectivity index is 0.924. The fourth-order valence-electron chi connectivity index (χ4n) is 5.96. The smallest absolute Gasteiger partial charge is 0.272 e. The third-order valence-electron chi connectivity index (χ3n) is 7.54. The number of ether oxygens (including phenoxy) is 7. The summed E-state index contributed by atoms with van der Waals surface area (Å²) < 4.78 is 38.9. The number of unbranched alkanes of at least 4 members (excludes halogenated alkanes) is 3. The number of hydrogen-bond acceptors (Lipinski definition) is 11. The fourth-order valence-corrected chi connectivity index (χ4v) is 5.96. The molecule has 8 aliphatic rings. The third kappa shape index (κ3) is 3.38. The van der Waals surface area contributed by atoms with Crippen molar-refractivity contribution < 1.29 is 53.6 Å². The molecular formula is C20H30O11. The largest absolute Gasteiger partial charge is 0.388 e. The summed E-state index contributed by atoms with van der Waals surface area (Å²) in [7, 11) is 0. The van der Waals surface area contributed by atoms with Crippen LogP contribution in [-0.4, -0.2) is 107 Å². The second kappa shape index (κ2) is 8.10. The Hall–Kier alpha value is -0.440. The number of aliphatic hydroxyl groups is 4. The Morgan fingerprint density at radius 3 is 1.55 bits per heavy atom. The summed E-state index contributed by atoms with van der Waals surface area (Å²) in [5, 5.41) is 41.2. The van der Waals surface area contributed by atoms with Gasteiger partial charge in [-0.15, -0.1) is 0 Å². The SMILES string of the molecule is OC1C2OC3O[C@@H]1C(O)[C@@H](O3)[C@@H]2CCCCCCO[C@@H]1C2OC3O[C@@H](C2O)C(O)[C@H]1O3. The Morgan fingerprint density at radius 2 is 0.968 bits per heavy atom. The van der Waals surface area contributed by atoms with Gasteiger partial charge in [0.1, 0.15) is 54.9 Å². The molecule has 8 unspecified atom stereocenters. The molecule has 0 radical (unpaired) electrons. The van der Waals surface area contributed by atoms with Crippen molar-refractivity contribution in [3.05, 3.63) is 0 Å². The summed E-state index contributed by atoms with van der Waals surface area (Å²) in [6.07, 6.45) is -2.74. The molecule has 11 nitrogen and oxygen atoms in total. The highest BCUT2D eigenvalue weighted by Gasteiger charge is 2.62. The highest BCUT2D eigenvalue weighted by atomic mass is 16.9. The molecule has 8 fully saturated rings. The normalized spacial score (nSPS) is 56.5. The third-order valence-corrected chi connectivity index (χ3v) is 7.54. The van der Waals surface area contributed by atoms with Crippen LogP contribution in [0.3, 0.4) is 0 Å². The van der Waals surface area contributed by atoms with Gasteiger partial charge in [-0.05, 0) is 12.8 Å². The van der Waals surface area contributed by atoms with E-state index in [1.807, 2.05) is 0 Å². The lowest BCUT2D eigenvalue weighted by molar-refractivity contribution is -0.483. The number of hydrogen-bond donors (Lipinski definition) is 4. The van der Waals surface area contributed by atoms with Crippen molar-refractivity contribution in [1.29, 1.82) is 0 Å². The van der Waals surface area contributed by atoms with Crippen molar-refractivity contribution in [3.8, 4) is 0 Å². The molecule has 0 aromatic heterocycles. The Bertz CT molecular complexity index is 571. The average molecular weight is 446 g/mol. The maximum atomic E-state index is 10.3. The zero-order valence-electron chi connectivity index (χ0n) is 17.0. The molecule has 8 bridgehead atoms. The monoisotopic (exact) mass is 446 g/mol. The molecule has 14 atom stereocenters. The number of aliphatic hydroxyl groups excluding tert-OH is 4. The lowest BCUT2D eigenvalue weighted by atomic mass is 9.74. The van der Waals surface area contributed by atoms with Crippen LogP contribution >= 0.6 is 0 Å². The van der Waals surface area contributed by atoms with Crippen LogP contribution in [0.2, 0.25) is 0 Å². The Kier molecular flexibility index (Phi) is 5.52. The first kappa shape index (κ1) is 21.1. The first-order valence-electron chi connectivity index (χ1n) is 11.3. The van der Waals surface area contributed by atoms with Crippen LogP contribution in [0.15, 0.2) is 0 Å². The molecule has 8 rings (SSSR count). The van der Waals surface area contributed by atoms with Crippen LogP contribution < -0.4 is 0 Å². The minimum Gasteiger partial charge on any atom is -0.388 e. The zero-order chi connectivity index (χ0) is 21.3. The molecule has 176 valence electrons. The summed E-state index contributed by atoms with van der Waals surface area (Å²) in [6, 6.07) is 0. The second-order valence-corrected chi connectivity index (χ2v) is 9.35. The minimum atomic E-state index is -0.932. The molecule has 0 amide bonds. The van der Waals surface area contributed by atoms with E-state index in [0.29, 0.717) is 6.61 Å². The van der Waals surface area contributed by atoms with Crippen molar-refractivity contribution >= 4 is 0 Å². The van der Waals surface area contributed by atoms with Crippen LogP contribution in [0, 0.1) is 5.92 Å². The average Bonchev–Trinajstić information content (AvgIpc) is 2.76. The summed E-state index contributed by atoms with van der Waals surface area (Å²) in [5.41, 5.74) is 0. The summed E-state index contributed by atoms with van der Waals surface area (Å²) in [6.45, 7) is -1.14. The van der Waals surface area contributed by atoms with Crippen LogP contribution in [0.25, 0.3) is 0 Å². The molecule has 0 aromatic carbocycles. The first-order chi connectivity index (χ1) is 15.0. The molecule has 2 saturated carbocycles. The van der Waals surface area contributed by atoms with E-state index < -0.39 is 67.9 Å². The Morgan fingerprint density at radius 1 is 0.516 bits per heavy atom. The van der Waals surface area contributed by atoms with Gasteiger partial charge in [-0.1, -0.05) is 19.3 Å². The van der Waals surface area contributed by atoms with Crippen molar-refractivity contribution in [2.75, 3.05) is 6.61 Å². The predicted octanol–water partition coefficient (Wildman–Crippen LogP) is -1.66. The summed E-state index contributed by atoms with van der Waals surface area (Å²) in [4.78, 5) is 0. The summed E-state index contributed by atoms with van der Waals surface area (Å²) >= 11 is 0. The van der Waals surface area contributed by atoms with E-state index >= 15 is 0 Å². The van der Waals surface area contributed by atoms with Gasteiger partial charge < -0.3 is 53.6 Å². The van der Waals surface area contributed by atoms with Gasteiger partial charge in [0.05, 0.1) is 12.2 Å². The predicted molar refractivity (Wildman–Crippen MR) is 97.2 cm³/mol. The van der Waals surface area contributed by atoms with Crippen LogP contribution in [0.1, 0.15) is 32.1 Å². The molecule has 6 aliphatic heterocycles. The molecule has 11 heteroatoms. The molecule has 0 aromatic rings. The maximum absolute atomic E-state index is 10.3. The zero-order valence-corrected chi connectivity index (χ0v) is 17.0. The van der Waals surface area contributed by atoms with Gasteiger partial charge in [-0.2, -0.15) is 0 Å². The molecule has 31 heavy (non-hydrogen) atoms. The van der Waals surface area contributed by atoms with Crippen LogP contribution in [0.4, 0.5) is 0 Å². The highest BCUT2D eigenvalue weighted by Crippen LogP contribution is 2.45.